The standard InChI is InChI=1S/C12H28N2O3S/c1-5-13-8-6-7-11-18(15,16)14(4)9-10-17-12(2)3/h12-13H,5-11H2,1-4H3. The van der Waals surface area contributed by atoms with E-state index in [4.69, 9.17) is 4.74 Å². The number of sulfonamides is 1. The van der Waals surface area contributed by atoms with E-state index in [9.17, 15) is 8.42 Å². The zero-order valence-corrected chi connectivity index (χ0v) is 12.9. The topological polar surface area (TPSA) is 58.6 Å². The predicted octanol–water partition coefficient (Wildman–Crippen LogP) is 1.06. The first-order chi connectivity index (χ1) is 8.40. The summed E-state index contributed by atoms with van der Waals surface area (Å²) in [5, 5.41) is 3.18. The molecule has 0 aliphatic rings. The van der Waals surface area contributed by atoms with Crippen molar-refractivity contribution in [2.24, 2.45) is 0 Å². The van der Waals surface area contributed by atoms with E-state index in [1.54, 1.807) is 7.05 Å². The molecule has 0 atom stereocenters. The van der Waals surface area contributed by atoms with Gasteiger partial charge < -0.3 is 10.1 Å². The fourth-order valence-corrected chi connectivity index (χ4v) is 2.66. The summed E-state index contributed by atoms with van der Waals surface area (Å²) in [5.41, 5.74) is 0. The summed E-state index contributed by atoms with van der Waals surface area (Å²) in [5.74, 6) is 0.219. The van der Waals surface area contributed by atoms with E-state index in [2.05, 4.69) is 5.32 Å². The van der Waals surface area contributed by atoms with Crippen molar-refractivity contribution in [3.63, 3.8) is 0 Å². The van der Waals surface area contributed by atoms with Crippen molar-refractivity contribution < 1.29 is 13.2 Å². The van der Waals surface area contributed by atoms with Gasteiger partial charge in [-0.2, -0.15) is 0 Å². The number of nitrogens with zero attached hydrogens (tertiary/aromatic N) is 1. The van der Waals surface area contributed by atoms with E-state index in [0.29, 0.717) is 19.6 Å². The zero-order chi connectivity index (χ0) is 14.0. The highest BCUT2D eigenvalue weighted by atomic mass is 32.2. The van der Waals surface area contributed by atoms with E-state index in [1.807, 2.05) is 20.8 Å². The van der Waals surface area contributed by atoms with Crippen molar-refractivity contribution in [3.05, 3.63) is 0 Å². The van der Waals surface area contributed by atoms with Crippen molar-refractivity contribution in [3.8, 4) is 0 Å². The van der Waals surface area contributed by atoms with Gasteiger partial charge in [0.1, 0.15) is 0 Å². The Balaban J connectivity index is 3.82. The Labute approximate surface area is 112 Å². The van der Waals surface area contributed by atoms with E-state index in [1.165, 1.54) is 4.31 Å². The highest BCUT2D eigenvalue weighted by Crippen LogP contribution is 2.02. The van der Waals surface area contributed by atoms with Crippen LogP contribution in [0, 0.1) is 0 Å². The molecule has 0 aromatic rings. The molecule has 0 heterocycles. The third kappa shape index (κ3) is 8.85. The maximum Gasteiger partial charge on any atom is 0.213 e. The second kappa shape index (κ2) is 9.72. The summed E-state index contributed by atoms with van der Waals surface area (Å²) >= 11 is 0. The lowest BCUT2D eigenvalue weighted by atomic mass is 10.3. The van der Waals surface area contributed by atoms with Crippen LogP contribution in [-0.4, -0.2) is 57.9 Å². The Morgan fingerprint density at radius 2 is 1.94 bits per heavy atom. The van der Waals surface area contributed by atoms with Gasteiger partial charge in [-0.1, -0.05) is 6.92 Å². The number of hydrogen-bond acceptors (Lipinski definition) is 4. The van der Waals surface area contributed by atoms with Gasteiger partial charge in [0, 0.05) is 13.6 Å². The molecular formula is C12H28N2O3S. The highest BCUT2D eigenvalue weighted by molar-refractivity contribution is 7.89. The first-order valence-electron chi connectivity index (χ1n) is 6.66. The average Bonchev–Trinajstić information content (AvgIpc) is 2.28. The van der Waals surface area contributed by atoms with Crippen LogP contribution in [0.2, 0.25) is 0 Å². The van der Waals surface area contributed by atoms with Crippen LogP contribution in [0.1, 0.15) is 33.6 Å². The summed E-state index contributed by atoms with van der Waals surface area (Å²) in [6, 6.07) is 0. The molecule has 5 nitrogen and oxygen atoms in total. The van der Waals surface area contributed by atoms with Crippen molar-refractivity contribution in [1.82, 2.24) is 9.62 Å². The molecule has 0 radical (unpaired) electrons. The smallest absolute Gasteiger partial charge is 0.213 e. The van der Waals surface area contributed by atoms with Crippen LogP contribution >= 0.6 is 0 Å². The summed E-state index contributed by atoms with van der Waals surface area (Å²) in [6.45, 7) is 8.60. The van der Waals surface area contributed by atoms with Crippen molar-refractivity contribution in [1.29, 1.82) is 0 Å². The average molecular weight is 280 g/mol. The fraction of sp³-hybridized carbons (Fsp3) is 1.00. The molecule has 0 aromatic carbocycles. The largest absolute Gasteiger partial charge is 0.377 e. The maximum atomic E-state index is 11.9. The molecule has 0 aromatic heterocycles. The minimum atomic E-state index is -3.12. The second-order valence-corrected chi connectivity index (χ2v) is 6.81. The molecule has 0 fully saturated rings. The van der Waals surface area contributed by atoms with Gasteiger partial charge in [-0.15, -0.1) is 0 Å². The van der Waals surface area contributed by atoms with E-state index < -0.39 is 10.0 Å². The molecule has 0 bridgehead atoms. The van der Waals surface area contributed by atoms with E-state index in [-0.39, 0.29) is 11.9 Å². The van der Waals surface area contributed by atoms with Crippen LogP contribution in [0.25, 0.3) is 0 Å². The molecule has 0 unspecified atom stereocenters. The number of hydrogen-bond donors (Lipinski definition) is 1. The van der Waals surface area contributed by atoms with Crippen LogP contribution in [0.5, 0.6) is 0 Å². The minimum absolute atomic E-state index is 0.140. The molecule has 0 aliphatic carbocycles. The molecule has 0 saturated carbocycles. The normalized spacial score (nSPS) is 12.6. The summed E-state index contributed by atoms with van der Waals surface area (Å²) in [4.78, 5) is 0. The molecule has 0 aliphatic heterocycles. The van der Waals surface area contributed by atoms with Crippen LogP contribution in [0.15, 0.2) is 0 Å². The number of unbranched alkanes of at least 4 members (excludes halogenated alkanes) is 1. The second-order valence-electron chi connectivity index (χ2n) is 4.62. The third-order valence-corrected chi connectivity index (χ3v) is 4.52. The summed E-state index contributed by atoms with van der Waals surface area (Å²) in [6.07, 6.45) is 1.73. The number of ether oxygens (including phenoxy) is 1. The first kappa shape index (κ1) is 17.8. The number of nitrogens with one attached hydrogen (secondary N) is 1. The highest BCUT2D eigenvalue weighted by Gasteiger charge is 2.16. The van der Waals surface area contributed by atoms with Crippen molar-refractivity contribution >= 4 is 10.0 Å². The number of likely N-dealkylation sites (N-methyl/N-ethyl adjacent to an activating group) is 1. The lowest BCUT2D eigenvalue weighted by molar-refractivity contribution is 0.0737. The van der Waals surface area contributed by atoms with Crippen LogP contribution < -0.4 is 5.32 Å². The SMILES string of the molecule is CCNCCCCS(=O)(=O)N(C)CCOC(C)C. The Morgan fingerprint density at radius 1 is 1.28 bits per heavy atom. The molecule has 18 heavy (non-hydrogen) atoms. The van der Waals surface area contributed by atoms with Gasteiger partial charge >= 0.3 is 0 Å². The molecular weight excluding hydrogens is 252 g/mol. The molecule has 6 heteroatoms. The van der Waals surface area contributed by atoms with Crippen molar-refractivity contribution in [2.45, 2.75) is 39.7 Å². The Kier molecular flexibility index (Phi) is 9.63. The quantitative estimate of drug-likeness (QED) is 0.575. The summed E-state index contributed by atoms with van der Waals surface area (Å²) in [7, 11) is -1.51. The maximum absolute atomic E-state index is 11.9. The lowest BCUT2D eigenvalue weighted by Crippen LogP contribution is -2.33. The minimum Gasteiger partial charge on any atom is -0.377 e. The lowest BCUT2D eigenvalue weighted by Gasteiger charge is -2.18. The van der Waals surface area contributed by atoms with Gasteiger partial charge in [0.25, 0.3) is 0 Å². The molecule has 0 spiro atoms. The molecule has 0 rings (SSSR count). The van der Waals surface area contributed by atoms with Gasteiger partial charge in [-0.25, -0.2) is 12.7 Å². The Hall–Kier alpha value is -0.170. The first-order valence-corrected chi connectivity index (χ1v) is 8.27. The van der Waals surface area contributed by atoms with Gasteiger partial charge in [0.15, 0.2) is 0 Å². The van der Waals surface area contributed by atoms with Crippen LogP contribution in [0.4, 0.5) is 0 Å². The molecule has 1 N–H and O–H groups in total. The fourth-order valence-electron chi connectivity index (χ4n) is 1.42. The van der Waals surface area contributed by atoms with E-state index in [0.717, 1.165) is 19.5 Å². The van der Waals surface area contributed by atoms with Gasteiger partial charge in [-0.05, 0) is 39.8 Å². The van der Waals surface area contributed by atoms with Gasteiger partial charge in [-0.3, -0.25) is 0 Å². The van der Waals surface area contributed by atoms with Gasteiger partial charge in [0.05, 0.1) is 18.5 Å². The van der Waals surface area contributed by atoms with Gasteiger partial charge in [0.2, 0.25) is 10.0 Å². The Morgan fingerprint density at radius 3 is 2.50 bits per heavy atom. The van der Waals surface area contributed by atoms with Crippen LogP contribution in [0.3, 0.4) is 0 Å². The summed E-state index contributed by atoms with van der Waals surface area (Å²) < 4.78 is 30.5. The van der Waals surface area contributed by atoms with Crippen LogP contribution in [-0.2, 0) is 14.8 Å². The number of rotatable bonds is 11. The predicted molar refractivity (Wildman–Crippen MR) is 75.3 cm³/mol. The van der Waals surface area contributed by atoms with Crippen molar-refractivity contribution in [2.75, 3.05) is 39.0 Å². The molecule has 110 valence electrons. The Bertz CT molecular complexity index is 292. The molecule has 0 amide bonds. The third-order valence-electron chi connectivity index (χ3n) is 2.59. The monoisotopic (exact) mass is 280 g/mol. The zero-order valence-electron chi connectivity index (χ0n) is 12.1. The molecule has 0 saturated heterocycles. The van der Waals surface area contributed by atoms with E-state index >= 15 is 0 Å².